The Labute approximate surface area is 119 Å². The fraction of sp³-hybridized carbons (Fsp3) is 0.600. The quantitative estimate of drug-likeness (QED) is 0.770. The lowest BCUT2D eigenvalue weighted by molar-refractivity contribution is -0.0498. The molecule has 3 atom stereocenters. The van der Waals surface area contributed by atoms with E-state index in [0.717, 1.165) is 12.0 Å². The average molecular weight is 287 g/mol. The number of benzene rings is 1. The van der Waals surface area contributed by atoms with Crippen molar-refractivity contribution in [1.29, 1.82) is 0 Å². The summed E-state index contributed by atoms with van der Waals surface area (Å²) in [4.78, 5) is 0. The molecule has 0 aliphatic carbocycles. The SMILES string of the molecule is CCC(C)C(O)CNC(C)c1ccc(OC(F)F)cc1. The summed E-state index contributed by atoms with van der Waals surface area (Å²) in [7, 11) is 0. The van der Waals surface area contributed by atoms with Crippen molar-refractivity contribution in [1.82, 2.24) is 5.32 Å². The van der Waals surface area contributed by atoms with Gasteiger partial charge in [0.1, 0.15) is 5.75 Å². The van der Waals surface area contributed by atoms with Crippen molar-refractivity contribution in [2.75, 3.05) is 6.54 Å². The highest BCUT2D eigenvalue weighted by atomic mass is 19.3. The van der Waals surface area contributed by atoms with Crippen LogP contribution in [0.4, 0.5) is 8.78 Å². The second kappa shape index (κ2) is 8.17. The van der Waals surface area contributed by atoms with E-state index in [0.29, 0.717) is 6.54 Å². The van der Waals surface area contributed by atoms with Gasteiger partial charge in [-0.3, -0.25) is 0 Å². The van der Waals surface area contributed by atoms with E-state index < -0.39 is 6.61 Å². The second-order valence-corrected chi connectivity index (χ2v) is 5.03. The van der Waals surface area contributed by atoms with E-state index in [9.17, 15) is 13.9 Å². The van der Waals surface area contributed by atoms with Crippen LogP contribution in [-0.4, -0.2) is 24.4 Å². The van der Waals surface area contributed by atoms with Crippen LogP contribution in [0.5, 0.6) is 5.75 Å². The Hall–Kier alpha value is -1.20. The molecule has 0 amide bonds. The molecule has 0 aromatic heterocycles. The Kier molecular flexibility index (Phi) is 6.88. The number of ether oxygens (including phenoxy) is 1. The Morgan fingerprint density at radius 1 is 1.20 bits per heavy atom. The average Bonchev–Trinajstić information content (AvgIpc) is 2.43. The maximum absolute atomic E-state index is 12.0. The third-order valence-electron chi connectivity index (χ3n) is 3.54. The fourth-order valence-corrected chi connectivity index (χ4v) is 1.83. The van der Waals surface area contributed by atoms with Gasteiger partial charge < -0.3 is 15.2 Å². The predicted molar refractivity (Wildman–Crippen MR) is 75.0 cm³/mol. The van der Waals surface area contributed by atoms with Crippen molar-refractivity contribution in [3.63, 3.8) is 0 Å². The Morgan fingerprint density at radius 2 is 1.80 bits per heavy atom. The van der Waals surface area contributed by atoms with Crippen molar-refractivity contribution >= 4 is 0 Å². The van der Waals surface area contributed by atoms with Crippen molar-refractivity contribution < 1.29 is 18.6 Å². The number of halogens is 2. The molecule has 0 aliphatic rings. The van der Waals surface area contributed by atoms with E-state index in [-0.39, 0.29) is 23.8 Å². The molecule has 0 fully saturated rings. The van der Waals surface area contributed by atoms with Crippen LogP contribution in [0.25, 0.3) is 0 Å². The molecule has 1 aromatic carbocycles. The topological polar surface area (TPSA) is 41.5 Å². The Morgan fingerprint density at radius 3 is 2.30 bits per heavy atom. The molecule has 3 unspecified atom stereocenters. The van der Waals surface area contributed by atoms with E-state index in [1.165, 1.54) is 12.1 Å². The molecule has 0 aliphatic heterocycles. The summed E-state index contributed by atoms with van der Waals surface area (Å²) < 4.78 is 28.4. The second-order valence-electron chi connectivity index (χ2n) is 5.03. The van der Waals surface area contributed by atoms with Crippen LogP contribution in [0, 0.1) is 5.92 Å². The molecule has 1 rings (SSSR count). The molecule has 0 heterocycles. The zero-order chi connectivity index (χ0) is 15.1. The largest absolute Gasteiger partial charge is 0.435 e. The molecule has 0 saturated carbocycles. The number of rotatable bonds is 8. The number of aliphatic hydroxyl groups is 1. The van der Waals surface area contributed by atoms with E-state index >= 15 is 0 Å². The van der Waals surface area contributed by atoms with Gasteiger partial charge in [0.15, 0.2) is 0 Å². The highest BCUT2D eigenvalue weighted by Gasteiger charge is 2.14. The van der Waals surface area contributed by atoms with E-state index in [4.69, 9.17) is 0 Å². The first-order valence-corrected chi connectivity index (χ1v) is 6.90. The minimum Gasteiger partial charge on any atom is -0.435 e. The van der Waals surface area contributed by atoms with Crippen LogP contribution in [0.15, 0.2) is 24.3 Å². The van der Waals surface area contributed by atoms with Crippen LogP contribution in [-0.2, 0) is 0 Å². The van der Waals surface area contributed by atoms with Gasteiger partial charge in [-0.2, -0.15) is 8.78 Å². The molecule has 20 heavy (non-hydrogen) atoms. The van der Waals surface area contributed by atoms with Gasteiger partial charge in [0, 0.05) is 12.6 Å². The molecule has 1 aromatic rings. The highest BCUT2D eigenvalue weighted by molar-refractivity contribution is 5.28. The van der Waals surface area contributed by atoms with Gasteiger partial charge in [-0.05, 0) is 30.5 Å². The summed E-state index contributed by atoms with van der Waals surface area (Å²) in [5, 5.41) is 13.1. The van der Waals surface area contributed by atoms with Crippen LogP contribution in [0.3, 0.4) is 0 Å². The maximum Gasteiger partial charge on any atom is 0.387 e. The molecule has 5 heteroatoms. The third-order valence-corrected chi connectivity index (χ3v) is 3.54. The first-order chi connectivity index (χ1) is 9.43. The molecule has 0 saturated heterocycles. The Balaban J connectivity index is 2.49. The standard InChI is InChI=1S/C15H23F2NO2/c1-4-10(2)14(19)9-18-11(3)12-5-7-13(8-6-12)20-15(16)17/h5-8,10-11,14-15,18-19H,4,9H2,1-3H3. The Bertz CT molecular complexity index is 384. The zero-order valence-corrected chi connectivity index (χ0v) is 12.1. The van der Waals surface area contributed by atoms with Gasteiger partial charge in [-0.25, -0.2) is 0 Å². The van der Waals surface area contributed by atoms with Crippen LogP contribution in [0.1, 0.15) is 38.8 Å². The van der Waals surface area contributed by atoms with Gasteiger partial charge in [-0.1, -0.05) is 32.4 Å². The van der Waals surface area contributed by atoms with Gasteiger partial charge in [0.05, 0.1) is 6.10 Å². The van der Waals surface area contributed by atoms with Crippen molar-refractivity contribution in [3.05, 3.63) is 29.8 Å². The fourth-order valence-electron chi connectivity index (χ4n) is 1.83. The number of hydrogen-bond acceptors (Lipinski definition) is 3. The number of alkyl halides is 2. The highest BCUT2D eigenvalue weighted by Crippen LogP contribution is 2.19. The lowest BCUT2D eigenvalue weighted by atomic mass is 10.0. The minimum absolute atomic E-state index is 0.0364. The van der Waals surface area contributed by atoms with Gasteiger partial charge >= 0.3 is 6.61 Å². The molecule has 0 spiro atoms. The zero-order valence-electron chi connectivity index (χ0n) is 12.1. The molecule has 3 nitrogen and oxygen atoms in total. The molecule has 0 radical (unpaired) electrons. The maximum atomic E-state index is 12.0. The smallest absolute Gasteiger partial charge is 0.387 e. The van der Waals surface area contributed by atoms with Crippen LogP contribution in [0.2, 0.25) is 0 Å². The van der Waals surface area contributed by atoms with Crippen molar-refractivity contribution in [3.8, 4) is 5.75 Å². The summed E-state index contributed by atoms with van der Waals surface area (Å²) in [6.45, 7) is 3.71. The number of nitrogens with one attached hydrogen (secondary N) is 1. The predicted octanol–water partition coefficient (Wildman–Crippen LogP) is 3.35. The lowest BCUT2D eigenvalue weighted by Crippen LogP contribution is -2.33. The van der Waals surface area contributed by atoms with Gasteiger partial charge in [0.2, 0.25) is 0 Å². The minimum atomic E-state index is -2.80. The monoisotopic (exact) mass is 287 g/mol. The third kappa shape index (κ3) is 5.43. The molecule has 2 N–H and O–H groups in total. The first kappa shape index (κ1) is 16.9. The van der Waals surface area contributed by atoms with E-state index in [1.54, 1.807) is 12.1 Å². The first-order valence-electron chi connectivity index (χ1n) is 6.90. The normalized spacial score (nSPS) is 15.9. The summed E-state index contributed by atoms with van der Waals surface area (Å²) in [6.07, 6.45) is 0.542. The summed E-state index contributed by atoms with van der Waals surface area (Å²) >= 11 is 0. The van der Waals surface area contributed by atoms with Gasteiger partial charge in [-0.15, -0.1) is 0 Å². The summed E-state index contributed by atoms with van der Waals surface area (Å²) in [5.74, 6) is 0.395. The van der Waals surface area contributed by atoms with E-state index in [2.05, 4.69) is 10.1 Å². The van der Waals surface area contributed by atoms with Gasteiger partial charge in [0.25, 0.3) is 0 Å². The number of aliphatic hydroxyl groups excluding tert-OH is 1. The van der Waals surface area contributed by atoms with E-state index in [1.807, 2.05) is 20.8 Å². The van der Waals surface area contributed by atoms with Crippen molar-refractivity contribution in [2.24, 2.45) is 5.92 Å². The van der Waals surface area contributed by atoms with Crippen LogP contribution >= 0.6 is 0 Å². The molecule has 0 bridgehead atoms. The van der Waals surface area contributed by atoms with Crippen LogP contribution < -0.4 is 10.1 Å². The summed E-state index contributed by atoms with van der Waals surface area (Å²) in [5.41, 5.74) is 0.961. The van der Waals surface area contributed by atoms with Crippen molar-refractivity contribution in [2.45, 2.75) is 45.9 Å². The molecular weight excluding hydrogens is 264 g/mol. The lowest BCUT2D eigenvalue weighted by Gasteiger charge is -2.21. The molecule has 114 valence electrons. The number of hydrogen-bond donors (Lipinski definition) is 2. The molecular formula is C15H23F2NO2. The summed E-state index contributed by atoms with van der Waals surface area (Å²) in [6, 6.07) is 6.56.